The number of halogens is 2. The van der Waals surface area contributed by atoms with Gasteiger partial charge in [0.1, 0.15) is 5.75 Å². The minimum absolute atomic E-state index is 0.0181. The smallest absolute Gasteiger partial charge is 0.240 e. The molecular formula is C22H27F2N3O4S. The van der Waals surface area contributed by atoms with Crippen molar-refractivity contribution in [2.45, 2.75) is 30.2 Å². The second-order valence-electron chi connectivity index (χ2n) is 7.56. The highest BCUT2D eigenvalue weighted by molar-refractivity contribution is 7.89. The van der Waals surface area contributed by atoms with Gasteiger partial charge in [-0.05, 0) is 61.8 Å². The number of benzene rings is 2. The summed E-state index contributed by atoms with van der Waals surface area (Å²) >= 11 is 0. The van der Waals surface area contributed by atoms with Crippen molar-refractivity contribution in [2.24, 2.45) is 0 Å². The molecule has 0 bridgehead atoms. The van der Waals surface area contributed by atoms with Crippen molar-refractivity contribution in [2.75, 3.05) is 33.3 Å². The Morgan fingerprint density at radius 1 is 1.12 bits per heavy atom. The molecular weight excluding hydrogens is 440 g/mol. The van der Waals surface area contributed by atoms with Crippen molar-refractivity contribution in [1.29, 1.82) is 0 Å². The van der Waals surface area contributed by atoms with Gasteiger partial charge in [-0.15, -0.1) is 0 Å². The van der Waals surface area contributed by atoms with Gasteiger partial charge in [0.2, 0.25) is 15.9 Å². The zero-order valence-corrected chi connectivity index (χ0v) is 18.6. The molecule has 1 fully saturated rings. The Kier molecular flexibility index (Phi) is 8.16. The number of likely N-dealkylation sites (tertiary alicyclic amines) is 1. The average Bonchev–Trinajstić information content (AvgIpc) is 3.30. The number of rotatable bonds is 10. The maximum Gasteiger partial charge on any atom is 0.240 e. The minimum Gasteiger partial charge on any atom is -0.497 e. The lowest BCUT2D eigenvalue weighted by atomic mass is 10.0. The number of ether oxygens (including phenoxy) is 1. The maximum atomic E-state index is 13.3. The molecule has 1 aliphatic rings. The number of methoxy groups -OCH3 is 1. The molecule has 7 nitrogen and oxygen atoms in total. The highest BCUT2D eigenvalue weighted by Gasteiger charge is 2.24. The predicted molar refractivity (Wildman–Crippen MR) is 116 cm³/mol. The average molecular weight is 468 g/mol. The summed E-state index contributed by atoms with van der Waals surface area (Å²) in [4.78, 5) is 14.2. The van der Waals surface area contributed by atoms with Crippen LogP contribution in [0, 0.1) is 11.6 Å². The van der Waals surface area contributed by atoms with E-state index in [0.717, 1.165) is 49.4 Å². The molecule has 1 aliphatic heterocycles. The van der Waals surface area contributed by atoms with Gasteiger partial charge in [0, 0.05) is 19.5 Å². The highest BCUT2D eigenvalue weighted by Crippen LogP contribution is 2.27. The summed E-state index contributed by atoms with van der Waals surface area (Å²) in [6.07, 6.45) is 2.11. The normalized spacial score (nSPS) is 15.5. The van der Waals surface area contributed by atoms with E-state index in [4.69, 9.17) is 4.74 Å². The van der Waals surface area contributed by atoms with Gasteiger partial charge < -0.3 is 10.1 Å². The number of nitrogens with one attached hydrogen (secondary N) is 2. The van der Waals surface area contributed by atoms with Crippen LogP contribution in [0.2, 0.25) is 0 Å². The Balaban J connectivity index is 1.55. The molecule has 1 saturated heterocycles. The Morgan fingerprint density at radius 3 is 2.56 bits per heavy atom. The first-order valence-electron chi connectivity index (χ1n) is 10.4. The summed E-state index contributed by atoms with van der Waals surface area (Å²) < 4.78 is 58.3. The number of amides is 1. The van der Waals surface area contributed by atoms with E-state index < -0.39 is 26.6 Å². The lowest BCUT2D eigenvalue weighted by Crippen LogP contribution is -2.38. The first-order valence-corrected chi connectivity index (χ1v) is 11.9. The molecule has 0 radical (unpaired) electrons. The van der Waals surface area contributed by atoms with E-state index in [-0.39, 0.29) is 24.9 Å². The second-order valence-corrected chi connectivity index (χ2v) is 9.33. The van der Waals surface area contributed by atoms with E-state index in [9.17, 15) is 22.0 Å². The fourth-order valence-electron chi connectivity index (χ4n) is 3.68. The van der Waals surface area contributed by atoms with Crippen LogP contribution in [0.25, 0.3) is 0 Å². The Labute approximate surface area is 186 Å². The van der Waals surface area contributed by atoms with Gasteiger partial charge >= 0.3 is 0 Å². The van der Waals surface area contributed by atoms with Gasteiger partial charge in [0.05, 0.1) is 18.0 Å². The molecule has 0 spiro atoms. The van der Waals surface area contributed by atoms with Crippen LogP contribution >= 0.6 is 0 Å². The molecule has 174 valence electrons. The number of hydrogen-bond donors (Lipinski definition) is 2. The second kappa shape index (κ2) is 10.8. The largest absolute Gasteiger partial charge is 0.497 e. The van der Waals surface area contributed by atoms with E-state index in [1.807, 2.05) is 24.3 Å². The van der Waals surface area contributed by atoms with Crippen LogP contribution in [0.5, 0.6) is 5.75 Å². The summed E-state index contributed by atoms with van der Waals surface area (Å²) in [6.45, 7) is 2.08. The van der Waals surface area contributed by atoms with Gasteiger partial charge in [-0.2, -0.15) is 0 Å². The van der Waals surface area contributed by atoms with Crippen LogP contribution in [-0.4, -0.2) is 52.5 Å². The van der Waals surface area contributed by atoms with Crippen LogP contribution in [-0.2, 0) is 14.8 Å². The van der Waals surface area contributed by atoms with Gasteiger partial charge in [0.15, 0.2) is 11.6 Å². The summed E-state index contributed by atoms with van der Waals surface area (Å²) in [6, 6.07) is 10.0. The van der Waals surface area contributed by atoms with Crippen molar-refractivity contribution < 1.29 is 26.7 Å². The number of hydrogen-bond acceptors (Lipinski definition) is 5. The zero-order valence-electron chi connectivity index (χ0n) is 17.8. The molecule has 2 aromatic carbocycles. The zero-order chi connectivity index (χ0) is 23.1. The number of carbonyl (C=O) groups excluding carboxylic acids is 1. The Bertz CT molecular complexity index is 1040. The third-order valence-corrected chi connectivity index (χ3v) is 6.86. The minimum atomic E-state index is -4.05. The van der Waals surface area contributed by atoms with Crippen LogP contribution in [0.15, 0.2) is 47.4 Å². The summed E-state index contributed by atoms with van der Waals surface area (Å²) in [5.74, 6) is -1.96. The van der Waals surface area contributed by atoms with Gasteiger partial charge in [-0.25, -0.2) is 21.9 Å². The fraction of sp³-hybridized carbons (Fsp3) is 0.409. The molecule has 0 saturated carbocycles. The Hall–Kier alpha value is -2.56. The molecule has 32 heavy (non-hydrogen) atoms. The maximum absolute atomic E-state index is 13.3. The van der Waals surface area contributed by atoms with Crippen molar-refractivity contribution in [3.05, 3.63) is 59.7 Å². The van der Waals surface area contributed by atoms with Crippen molar-refractivity contribution in [1.82, 2.24) is 14.9 Å². The molecule has 1 atom stereocenters. The summed E-state index contributed by atoms with van der Waals surface area (Å²) in [5, 5.41) is 2.87. The quantitative estimate of drug-likeness (QED) is 0.561. The topological polar surface area (TPSA) is 87.7 Å². The van der Waals surface area contributed by atoms with E-state index in [0.29, 0.717) is 12.6 Å². The molecule has 1 unspecified atom stereocenters. The van der Waals surface area contributed by atoms with Crippen LogP contribution < -0.4 is 14.8 Å². The van der Waals surface area contributed by atoms with Gasteiger partial charge in [-0.3, -0.25) is 9.69 Å². The lowest BCUT2D eigenvalue weighted by Gasteiger charge is -2.28. The van der Waals surface area contributed by atoms with Crippen LogP contribution in [0.3, 0.4) is 0 Å². The molecule has 0 aliphatic carbocycles. The summed E-state index contributed by atoms with van der Waals surface area (Å²) in [5.41, 5.74) is 1.03. The molecule has 0 aromatic heterocycles. The van der Waals surface area contributed by atoms with Crippen LogP contribution in [0.1, 0.15) is 30.9 Å². The lowest BCUT2D eigenvalue weighted by molar-refractivity contribution is -0.121. The fourth-order valence-corrected chi connectivity index (χ4v) is 4.73. The monoisotopic (exact) mass is 467 g/mol. The first-order chi connectivity index (χ1) is 15.3. The standard InChI is InChI=1S/C22H27F2N3O4S/c1-31-17-6-4-5-16(13-17)21(27-11-2-3-12-27)15-25-22(28)9-10-26-32(29,30)18-7-8-19(23)20(24)14-18/h4-8,13-14,21,26H,2-3,9-12,15H2,1H3,(H,25,28). The van der Waals surface area contributed by atoms with E-state index in [1.54, 1.807) is 7.11 Å². The van der Waals surface area contributed by atoms with E-state index >= 15 is 0 Å². The molecule has 3 rings (SSSR count). The first kappa shape index (κ1) is 24.1. The van der Waals surface area contributed by atoms with E-state index in [1.165, 1.54) is 0 Å². The molecule has 1 heterocycles. The SMILES string of the molecule is COc1cccc(C(CNC(=O)CCNS(=O)(=O)c2ccc(F)c(F)c2)N2CCCC2)c1. The number of sulfonamides is 1. The number of nitrogens with zero attached hydrogens (tertiary/aromatic N) is 1. The summed E-state index contributed by atoms with van der Waals surface area (Å²) in [7, 11) is -2.44. The molecule has 2 N–H and O–H groups in total. The van der Waals surface area contributed by atoms with E-state index in [2.05, 4.69) is 14.9 Å². The predicted octanol–water partition coefficient (Wildman–Crippen LogP) is 2.60. The van der Waals surface area contributed by atoms with Crippen molar-refractivity contribution in [3.63, 3.8) is 0 Å². The van der Waals surface area contributed by atoms with Crippen molar-refractivity contribution in [3.8, 4) is 5.75 Å². The molecule has 1 amide bonds. The number of carbonyl (C=O) groups is 1. The third-order valence-electron chi connectivity index (χ3n) is 5.40. The molecule has 10 heteroatoms. The van der Waals surface area contributed by atoms with Gasteiger partial charge in [0.25, 0.3) is 0 Å². The van der Waals surface area contributed by atoms with Crippen molar-refractivity contribution >= 4 is 15.9 Å². The van der Waals surface area contributed by atoms with Gasteiger partial charge in [-0.1, -0.05) is 12.1 Å². The Morgan fingerprint density at radius 2 is 1.88 bits per heavy atom. The van der Waals surface area contributed by atoms with Crippen LogP contribution in [0.4, 0.5) is 8.78 Å². The highest BCUT2D eigenvalue weighted by atomic mass is 32.2. The molecule has 2 aromatic rings. The third kappa shape index (κ3) is 6.24.